The zero-order valence-electron chi connectivity index (χ0n) is 21.4. The number of carbonyl (C=O) groups excluding carboxylic acids is 2. The van der Waals surface area contributed by atoms with Crippen LogP contribution in [0.2, 0.25) is 5.02 Å². The normalized spacial score (nSPS) is 21.8. The molecule has 8 nitrogen and oxygen atoms in total. The second kappa shape index (κ2) is 9.71. The van der Waals surface area contributed by atoms with Crippen LogP contribution in [0, 0.1) is 11.2 Å². The molecular formula is C28H29ClFN3O5. The fourth-order valence-electron chi connectivity index (χ4n) is 5.01. The summed E-state index contributed by atoms with van der Waals surface area (Å²) in [6.07, 6.45) is 3.34. The first-order chi connectivity index (χ1) is 18.0. The van der Waals surface area contributed by atoms with E-state index in [1.54, 1.807) is 43.8 Å². The van der Waals surface area contributed by atoms with Gasteiger partial charge in [-0.2, -0.15) is 0 Å². The Morgan fingerprint density at radius 2 is 1.95 bits per heavy atom. The van der Waals surface area contributed by atoms with Gasteiger partial charge in [-0.15, -0.1) is 0 Å². The third kappa shape index (κ3) is 4.76. The summed E-state index contributed by atoms with van der Waals surface area (Å²) >= 11 is 6.05. The molecule has 2 atom stereocenters. The van der Waals surface area contributed by atoms with Crippen molar-refractivity contribution in [2.45, 2.75) is 57.5 Å². The van der Waals surface area contributed by atoms with Gasteiger partial charge in [-0.25, -0.2) is 14.2 Å². The van der Waals surface area contributed by atoms with E-state index < -0.39 is 34.6 Å². The van der Waals surface area contributed by atoms with Crippen LogP contribution in [-0.4, -0.2) is 39.4 Å². The van der Waals surface area contributed by atoms with Crippen molar-refractivity contribution in [2.75, 3.05) is 6.61 Å². The van der Waals surface area contributed by atoms with E-state index in [9.17, 15) is 14.0 Å². The second-order valence-electron chi connectivity index (χ2n) is 10.7. The number of hydrogen-bond donors (Lipinski definition) is 1. The van der Waals surface area contributed by atoms with Crippen LogP contribution in [0.4, 0.5) is 9.18 Å². The quantitative estimate of drug-likeness (QED) is 0.396. The van der Waals surface area contributed by atoms with E-state index in [1.807, 2.05) is 30.3 Å². The summed E-state index contributed by atoms with van der Waals surface area (Å²) in [5.74, 6) is -0.419. The van der Waals surface area contributed by atoms with Crippen LogP contribution < -0.4 is 5.32 Å². The summed E-state index contributed by atoms with van der Waals surface area (Å²) in [5.41, 5.74) is -1.79. The van der Waals surface area contributed by atoms with Gasteiger partial charge in [0.25, 0.3) is 0 Å². The fraction of sp³-hybridized carbons (Fsp3) is 0.393. The molecule has 1 N–H and O–H groups in total. The summed E-state index contributed by atoms with van der Waals surface area (Å²) in [6, 6.07) is 13.0. The lowest BCUT2D eigenvalue weighted by Gasteiger charge is -2.37. The van der Waals surface area contributed by atoms with Crippen molar-refractivity contribution in [3.63, 3.8) is 0 Å². The Morgan fingerprint density at radius 1 is 1.21 bits per heavy atom. The molecule has 2 fully saturated rings. The molecule has 0 radical (unpaired) electrons. The molecule has 1 saturated heterocycles. The minimum Gasteiger partial charge on any atom is -0.429 e. The van der Waals surface area contributed by atoms with Gasteiger partial charge in [-0.05, 0) is 57.4 Å². The van der Waals surface area contributed by atoms with Gasteiger partial charge in [0.1, 0.15) is 23.3 Å². The molecule has 200 valence electrons. The molecule has 0 bridgehead atoms. The fourth-order valence-corrected chi connectivity index (χ4v) is 5.18. The van der Waals surface area contributed by atoms with Crippen LogP contribution in [0.25, 0.3) is 5.69 Å². The Bertz CT molecular complexity index is 1350. The maximum absolute atomic E-state index is 13.9. The van der Waals surface area contributed by atoms with E-state index in [1.165, 1.54) is 12.1 Å². The lowest BCUT2D eigenvalue weighted by Crippen LogP contribution is -2.51. The van der Waals surface area contributed by atoms with Crippen molar-refractivity contribution in [1.82, 2.24) is 14.9 Å². The van der Waals surface area contributed by atoms with Gasteiger partial charge < -0.3 is 24.1 Å². The van der Waals surface area contributed by atoms with E-state index >= 15 is 0 Å². The Labute approximate surface area is 225 Å². The molecule has 1 amide bonds. The molecule has 3 aromatic rings. The van der Waals surface area contributed by atoms with E-state index in [0.717, 1.165) is 5.56 Å². The highest BCUT2D eigenvalue weighted by atomic mass is 35.5. The molecule has 5 rings (SSSR count). The van der Waals surface area contributed by atoms with E-state index in [0.29, 0.717) is 24.4 Å². The molecule has 2 heterocycles. The average Bonchev–Trinajstić information content (AvgIpc) is 3.48. The highest BCUT2D eigenvalue weighted by Crippen LogP contribution is 2.64. The predicted molar refractivity (Wildman–Crippen MR) is 137 cm³/mol. The maximum Gasteiger partial charge on any atom is 0.509 e. The third-order valence-electron chi connectivity index (χ3n) is 6.93. The Hall–Kier alpha value is -3.43. The van der Waals surface area contributed by atoms with Crippen LogP contribution >= 0.6 is 11.6 Å². The van der Waals surface area contributed by atoms with Crippen LogP contribution in [0.5, 0.6) is 0 Å². The second-order valence-corrected chi connectivity index (χ2v) is 11.1. The van der Waals surface area contributed by atoms with Crippen LogP contribution in [0.3, 0.4) is 0 Å². The van der Waals surface area contributed by atoms with Crippen molar-refractivity contribution in [2.24, 2.45) is 5.41 Å². The number of nitrogens with one attached hydrogen (secondary N) is 1. The summed E-state index contributed by atoms with van der Waals surface area (Å²) < 4.78 is 33.3. The van der Waals surface area contributed by atoms with Crippen LogP contribution in [-0.2, 0) is 25.6 Å². The Kier molecular flexibility index (Phi) is 6.69. The van der Waals surface area contributed by atoms with Gasteiger partial charge in [0.2, 0.25) is 5.91 Å². The van der Waals surface area contributed by atoms with E-state index in [4.69, 9.17) is 25.8 Å². The zero-order chi connectivity index (χ0) is 27.1. The van der Waals surface area contributed by atoms with Crippen molar-refractivity contribution in [3.8, 4) is 5.69 Å². The van der Waals surface area contributed by atoms with Gasteiger partial charge in [-0.1, -0.05) is 41.9 Å². The number of ether oxygens (including phenoxy) is 3. The molecule has 1 spiro atoms. The smallest absolute Gasteiger partial charge is 0.429 e. The van der Waals surface area contributed by atoms with Crippen molar-refractivity contribution >= 4 is 23.7 Å². The lowest BCUT2D eigenvalue weighted by atomic mass is 9.81. The summed E-state index contributed by atoms with van der Waals surface area (Å²) in [7, 11) is 0. The molecule has 0 unspecified atom stereocenters. The molecule has 2 aromatic carbocycles. The van der Waals surface area contributed by atoms with Gasteiger partial charge >= 0.3 is 6.16 Å². The maximum atomic E-state index is 13.9. The minimum absolute atomic E-state index is 0.0567. The SMILES string of the molecule is CC(C)(C)OC(=O)O[C@@]1(COCc2ccccc2)[C@@H](c2nccn2-c2ccc(F)c(Cl)c2)NC(=O)C12CC2. The van der Waals surface area contributed by atoms with Crippen molar-refractivity contribution < 1.29 is 28.2 Å². The lowest BCUT2D eigenvalue weighted by molar-refractivity contribution is -0.144. The number of rotatable bonds is 7. The topological polar surface area (TPSA) is 91.7 Å². The number of imidazole rings is 1. The van der Waals surface area contributed by atoms with Crippen molar-refractivity contribution in [1.29, 1.82) is 0 Å². The first-order valence-corrected chi connectivity index (χ1v) is 12.8. The number of aromatic nitrogens is 2. The molecule has 1 aliphatic carbocycles. The molecule has 1 aliphatic heterocycles. The molecular weight excluding hydrogens is 513 g/mol. The molecule has 38 heavy (non-hydrogen) atoms. The monoisotopic (exact) mass is 541 g/mol. The van der Waals surface area contributed by atoms with Gasteiger partial charge in [-0.3, -0.25) is 4.79 Å². The number of nitrogens with zero attached hydrogens (tertiary/aromatic N) is 2. The molecule has 2 aliphatic rings. The first kappa shape index (κ1) is 26.2. The van der Waals surface area contributed by atoms with Gasteiger partial charge in [0.05, 0.1) is 23.7 Å². The van der Waals surface area contributed by atoms with Crippen LogP contribution in [0.15, 0.2) is 60.9 Å². The summed E-state index contributed by atoms with van der Waals surface area (Å²) in [6.45, 7) is 5.38. The number of hydrogen-bond acceptors (Lipinski definition) is 6. The van der Waals surface area contributed by atoms with Gasteiger partial charge in [0.15, 0.2) is 5.60 Å². The Balaban J connectivity index is 1.55. The third-order valence-corrected chi connectivity index (χ3v) is 7.22. The number of amides is 1. The summed E-state index contributed by atoms with van der Waals surface area (Å²) in [4.78, 5) is 31.0. The average molecular weight is 542 g/mol. The van der Waals surface area contributed by atoms with E-state index in [-0.39, 0.29) is 24.1 Å². The highest BCUT2D eigenvalue weighted by Gasteiger charge is 2.76. The number of benzene rings is 2. The first-order valence-electron chi connectivity index (χ1n) is 12.4. The largest absolute Gasteiger partial charge is 0.509 e. The van der Waals surface area contributed by atoms with Crippen LogP contribution in [0.1, 0.15) is 51.0 Å². The standard InChI is InChI=1S/C28H29ClFN3O5/c1-26(2,3)37-25(35)38-28(17-36-16-18-7-5-4-6-8-18)22(32-24(34)27(28)11-12-27)23-31-13-14-33(23)19-9-10-21(30)20(29)15-19/h4-10,13-15,22H,11-12,16-17H2,1-3H3,(H,32,34)/t22-,28+/m1/s1. The number of carbonyl (C=O) groups is 2. The zero-order valence-corrected chi connectivity index (χ0v) is 22.1. The highest BCUT2D eigenvalue weighted by molar-refractivity contribution is 6.30. The predicted octanol–water partition coefficient (Wildman–Crippen LogP) is 5.52. The Morgan fingerprint density at radius 3 is 2.61 bits per heavy atom. The van der Waals surface area contributed by atoms with Gasteiger partial charge in [0, 0.05) is 18.1 Å². The van der Waals surface area contributed by atoms with E-state index in [2.05, 4.69) is 10.3 Å². The summed E-state index contributed by atoms with van der Waals surface area (Å²) in [5, 5.41) is 2.95. The minimum atomic E-state index is -1.45. The number of halogens is 2. The molecule has 1 aromatic heterocycles. The molecule has 10 heteroatoms. The molecule has 1 saturated carbocycles. The van der Waals surface area contributed by atoms with Crippen molar-refractivity contribution in [3.05, 3.63) is 83.2 Å².